The lowest BCUT2D eigenvalue weighted by Gasteiger charge is -2.29. The first kappa shape index (κ1) is 19.9. The molecule has 1 fully saturated rings. The summed E-state index contributed by atoms with van der Waals surface area (Å²) in [6, 6.07) is 8.88. The van der Waals surface area contributed by atoms with Crippen LogP contribution in [0, 0.1) is 11.8 Å². The molecular formula is C19H26N2O5. The van der Waals surface area contributed by atoms with Crippen LogP contribution in [0.5, 0.6) is 0 Å². The van der Waals surface area contributed by atoms with Crippen LogP contribution in [-0.4, -0.2) is 34.1 Å². The summed E-state index contributed by atoms with van der Waals surface area (Å²) in [5, 5.41) is 20.9. The zero-order valence-corrected chi connectivity index (χ0v) is 14.7. The minimum absolute atomic E-state index is 0.359. The van der Waals surface area contributed by atoms with Crippen molar-refractivity contribution in [2.24, 2.45) is 11.8 Å². The molecule has 7 nitrogen and oxygen atoms in total. The van der Waals surface area contributed by atoms with E-state index in [9.17, 15) is 19.5 Å². The van der Waals surface area contributed by atoms with Gasteiger partial charge in [-0.15, -0.1) is 0 Å². The third-order valence-electron chi connectivity index (χ3n) is 4.96. The van der Waals surface area contributed by atoms with Crippen LogP contribution in [0.25, 0.3) is 0 Å². The Labute approximate surface area is 152 Å². The summed E-state index contributed by atoms with van der Waals surface area (Å²) < 4.78 is 0. The van der Waals surface area contributed by atoms with Crippen molar-refractivity contribution >= 4 is 17.8 Å². The van der Waals surface area contributed by atoms with Gasteiger partial charge in [0.2, 0.25) is 5.91 Å². The molecular weight excluding hydrogens is 336 g/mol. The number of rotatable bonds is 8. The predicted molar refractivity (Wildman–Crippen MR) is 94.3 cm³/mol. The smallest absolute Gasteiger partial charge is 0.307 e. The molecule has 1 aromatic carbocycles. The monoisotopic (exact) mass is 362 g/mol. The molecule has 1 aliphatic rings. The number of nitrogens with one attached hydrogen (secondary N) is 2. The molecule has 0 spiro atoms. The Morgan fingerprint density at radius 2 is 1.73 bits per heavy atom. The molecule has 0 heterocycles. The largest absolute Gasteiger partial charge is 0.481 e. The van der Waals surface area contributed by atoms with Crippen molar-refractivity contribution in [2.75, 3.05) is 0 Å². The molecule has 1 saturated carbocycles. The van der Waals surface area contributed by atoms with Gasteiger partial charge in [-0.05, 0) is 37.7 Å². The molecule has 2 amide bonds. The molecule has 0 saturated heterocycles. The summed E-state index contributed by atoms with van der Waals surface area (Å²) in [4.78, 5) is 35.8. The van der Waals surface area contributed by atoms with E-state index in [-0.39, 0.29) is 0 Å². The van der Waals surface area contributed by atoms with Crippen molar-refractivity contribution in [3.05, 3.63) is 35.9 Å². The normalized spacial score (nSPS) is 20.8. The number of carbonyl (C=O) groups excluding carboxylic acids is 2. The highest BCUT2D eigenvalue weighted by molar-refractivity contribution is 5.90. The van der Waals surface area contributed by atoms with Crippen molar-refractivity contribution in [3.8, 4) is 0 Å². The van der Waals surface area contributed by atoms with Gasteiger partial charge in [-0.25, -0.2) is 5.48 Å². The fraction of sp³-hybridized carbons (Fsp3) is 0.526. The number of hydrogen-bond donors (Lipinski definition) is 4. The number of benzene rings is 1. The van der Waals surface area contributed by atoms with Crippen LogP contribution in [0.4, 0.5) is 0 Å². The molecule has 142 valence electrons. The van der Waals surface area contributed by atoms with E-state index < -0.39 is 35.7 Å². The van der Waals surface area contributed by atoms with Crippen LogP contribution in [0.3, 0.4) is 0 Å². The van der Waals surface area contributed by atoms with E-state index in [2.05, 4.69) is 5.32 Å². The van der Waals surface area contributed by atoms with Crippen molar-refractivity contribution in [2.45, 2.75) is 51.0 Å². The number of carboxylic acids is 1. The SMILES string of the molecule is O=C(NO)C(CCCc1ccccc1)NC(=O)[C@@H]1CCCC[C@@H]1C(=O)O. The first-order chi connectivity index (χ1) is 12.5. The van der Waals surface area contributed by atoms with E-state index in [1.165, 1.54) is 0 Å². The van der Waals surface area contributed by atoms with E-state index in [4.69, 9.17) is 5.21 Å². The van der Waals surface area contributed by atoms with Crippen LogP contribution in [0.2, 0.25) is 0 Å². The average Bonchev–Trinajstić information content (AvgIpc) is 2.67. The van der Waals surface area contributed by atoms with Crippen molar-refractivity contribution in [1.29, 1.82) is 0 Å². The van der Waals surface area contributed by atoms with E-state index in [1.54, 1.807) is 5.48 Å². The molecule has 7 heteroatoms. The van der Waals surface area contributed by atoms with Crippen LogP contribution in [0.15, 0.2) is 30.3 Å². The fourth-order valence-electron chi connectivity index (χ4n) is 3.52. The Morgan fingerprint density at radius 3 is 2.35 bits per heavy atom. The Balaban J connectivity index is 1.94. The topological polar surface area (TPSA) is 116 Å². The van der Waals surface area contributed by atoms with Gasteiger partial charge in [0.15, 0.2) is 0 Å². The molecule has 4 N–H and O–H groups in total. The molecule has 26 heavy (non-hydrogen) atoms. The second-order valence-corrected chi connectivity index (χ2v) is 6.75. The quantitative estimate of drug-likeness (QED) is 0.416. The number of hydrogen-bond acceptors (Lipinski definition) is 4. The van der Waals surface area contributed by atoms with Crippen LogP contribution >= 0.6 is 0 Å². The maximum absolute atomic E-state index is 12.5. The molecule has 0 aliphatic heterocycles. The van der Waals surface area contributed by atoms with Gasteiger partial charge in [-0.3, -0.25) is 19.6 Å². The van der Waals surface area contributed by atoms with E-state index in [0.29, 0.717) is 25.7 Å². The minimum atomic E-state index is -0.975. The molecule has 0 aromatic heterocycles. The van der Waals surface area contributed by atoms with E-state index in [0.717, 1.165) is 24.8 Å². The van der Waals surface area contributed by atoms with Gasteiger partial charge in [0.25, 0.3) is 5.91 Å². The summed E-state index contributed by atoms with van der Waals surface area (Å²) in [6.07, 6.45) is 4.31. The van der Waals surface area contributed by atoms with Gasteiger partial charge in [-0.1, -0.05) is 43.2 Å². The Morgan fingerprint density at radius 1 is 1.08 bits per heavy atom. The molecule has 2 rings (SSSR count). The van der Waals surface area contributed by atoms with Crippen LogP contribution in [0.1, 0.15) is 44.1 Å². The second-order valence-electron chi connectivity index (χ2n) is 6.75. The second kappa shape index (κ2) is 9.91. The minimum Gasteiger partial charge on any atom is -0.481 e. The van der Waals surface area contributed by atoms with Gasteiger partial charge >= 0.3 is 5.97 Å². The highest BCUT2D eigenvalue weighted by Crippen LogP contribution is 2.30. The summed E-state index contributed by atoms with van der Waals surface area (Å²) >= 11 is 0. The lowest BCUT2D eigenvalue weighted by Crippen LogP contribution is -2.50. The van der Waals surface area contributed by atoms with Crippen molar-refractivity contribution in [3.63, 3.8) is 0 Å². The first-order valence-corrected chi connectivity index (χ1v) is 9.04. The molecule has 1 unspecified atom stereocenters. The number of aryl methyl sites for hydroxylation is 1. The van der Waals surface area contributed by atoms with E-state index in [1.807, 2.05) is 30.3 Å². The molecule has 3 atom stereocenters. The lowest BCUT2D eigenvalue weighted by molar-refractivity contribution is -0.149. The highest BCUT2D eigenvalue weighted by atomic mass is 16.5. The number of amides is 2. The van der Waals surface area contributed by atoms with E-state index >= 15 is 0 Å². The number of aliphatic carboxylic acids is 1. The Bertz CT molecular complexity index is 620. The number of carboxylic acid groups (broad SMARTS) is 1. The third kappa shape index (κ3) is 5.56. The van der Waals surface area contributed by atoms with Crippen molar-refractivity contribution in [1.82, 2.24) is 10.8 Å². The molecule has 1 aliphatic carbocycles. The first-order valence-electron chi connectivity index (χ1n) is 9.04. The summed E-state index contributed by atoms with van der Waals surface area (Å²) in [7, 11) is 0. The highest BCUT2D eigenvalue weighted by Gasteiger charge is 2.37. The van der Waals surface area contributed by atoms with Gasteiger partial charge < -0.3 is 10.4 Å². The molecule has 0 radical (unpaired) electrons. The van der Waals surface area contributed by atoms with Gasteiger partial charge in [0, 0.05) is 0 Å². The maximum atomic E-state index is 12.5. The third-order valence-corrected chi connectivity index (χ3v) is 4.96. The lowest BCUT2D eigenvalue weighted by atomic mass is 9.78. The Hall–Kier alpha value is -2.41. The zero-order chi connectivity index (χ0) is 18.9. The predicted octanol–water partition coefficient (Wildman–Crippen LogP) is 1.89. The zero-order valence-electron chi connectivity index (χ0n) is 14.7. The van der Waals surface area contributed by atoms with Gasteiger partial charge in [0.05, 0.1) is 11.8 Å². The molecule has 1 aromatic rings. The van der Waals surface area contributed by atoms with Gasteiger partial charge in [-0.2, -0.15) is 0 Å². The summed E-state index contributed by atoms with van der Waals surface area (Å²) in [6.45, 7) is 0. The average molecular weight is 362 g/mol. The Kier molecular flexibility index (Phi) is 7.59. The van der Waals surface area contributed by atoms with Gasteiger partial charge in [0.1, 0.15) is 6.04 Å². The maximum Gasteiger partial charge on any atom is 0.307 e. The number of hydroxylamine groups is 1. The number of carbonyl (C=O) groups is 3. The summed E-state index contributed by atoms with van der Waals surface area (Å²) in [5.74, 6) is -3.44. The molecule has 0 bridgehead atoms. The van der Waals surface area contributed by atoms with Crippen LogP contribution in [-0.2, 0) is 20.8 Å². The van der Waals surface area contributed by atoms with Crippen molar-refractivity contribution < 1.29 is 24.7 Å². The fourth-order valence-corrected chi connectivity index (χ4v) is 3.52. The van der Waals surface area contributed by atoms with Crippen LogP contribution < -0.4 is 10.8 Å². The standard InChI is InChI=1S/C19H26N2O5/c22-17(14-10-4-5-11-15(14)19(24)25)20-16(18(23)21-26)12-6-9-13-7-2-1-3-8-13/h1-3,7-8,14-16,26H,4-6,9-12H2,(H,20,22)(H,21,23)(H,24,25)/t14-,15+,16?/m1/s1. The summed E-state index contributed by atoms with van der Waals surface area (Å²) in [5.41, 5.74) is 2.71.